The Balaban J connectivity index is 1.39. The first-order chi connectivity index (χ1) is 16.1. The number of aromatic nitrogens is 4. The molecule has 0 amide bonds. The van der Waals surface area contributed by atoms with Gasteiger partial charge in [-0.1, -0.05) is 0 Å². The molecule has 5 heterocycles. The molecule has 1 aromatic carbocycles. The SMILES string of the molecule is Fc1c(Br)c2c(c3c(NCc4cccnn4)nc(OCC45CCCN4CCC5)nc13)COC2. The summed E-state index contributed by atoms with van der Waals surface area (Å²) < 4.78 is 27.6. The maximum Gasteiger partial charge on any atom is 0.319 e. The lowest BCUT2D eigenvalue weighted by Gasteiger charge is -2.31. The normalized spacial score (nSPS) is 19.1. The van der Waals surface area contributed by atoms with E-state index < -0.39 is 5.82 Å². The molecule has 0 atom stereocenters. The van der Waals surface area contributed by atoms with Gasteiger partial charge in [-0.15, -0.1) is 0 Å². The van der Waals surface area contributed by atoms with Crippen LogP contribution in [0.5, 0.6) is 6.01 Å². The zero-order valence-corrected chi connectivity index (χ0v) is 19.7. The minimum Gasteiger partial charge on any atom is -0.461 e. The minimum atomic E-state index is -0.425. The van der Waals surface area contributed by atoms with Crippen LogP contribution < -0.4 is 10.1 Å². The van der Waals surface area contributed by atoms with Gasteiger partial charge in [-0.25, -0.2) is 4.39 Å². The van der Waals surface area contributed by atoms with Crippen molar-refractivity contribution in [1.82, 2.24) is 25.1 Å². The molecule has 2 saturated heterocycles. The maximum atomic E-state index is 15.4. The number of hydrogen-bond acceptors (Lipinski definition) is 8. The molecule has 0 radical (unpaired) electrons. The zero-order valence-electron chi connectivity index (χ0n) is 18.1. The van der Waals surface area contributed by atoms with Gasteiger partial charge >= 0.3 is 6.01 Å². The molecule has 0 unspecified atom stereocenters. The van der Waals surface area contributed by atoms with Gasteiger partial charge in [-0.05, 0) is 72.4 Å². The summed E-state index contributed by atoms with van der Waals surface area (Å²) in [4.78, 5) is 11.7. The van der Waals surface area contributed by atoms with Gasteiger partial charge in [-0.2, -0.15) is 20.2 Å². The van der Waals surface area contributed by atoms with Gasteiger partial charge < -0.3 is 14.8 Å². The number of ether oxygens (including phenoxy) is 2. The lowest BCUT2D eigenvalue weighted by molar-refractivity contribution is 0.108. The highest BCUT2D eigenvalue weighted by molar-refractivity contribution is 9.10. The second kappa shape index (κ2) is 8.41. The third kappa shape index (κ3) is 3.64. The molecule has 0 bridgehead atoms. The summed E-state index contributed by atoms with van der Waals surface area (Å²) in [5.41, 5.74) is 2.72. The maximum absolute atomic E-state index is 15.4. The van der Waals surface area contributed by atoms with Crippen LogP contribution in [0.4, 0.5) is 10.2 Å². The summed E-state index contributed by atoms with van der Waals surface area (Å²) in [6.45, 7) is 3.86. The Bertz CT molecular complexity index is 1200. The lowest BCUT2D eigenvalue weighted by Crippen LogP contribution is -2.43. The molecule has 0 spiro atoms. The molecule has 8 nitrogen and oxygen atoms in total. The Morgan fingerprint density at radius 2 is 2.00 bits per heavy atom. The average molecular weight is 515 g/mol. The van der Waals surface area contributed by atoms with Crippen molar-refractivity contribution in [2.45, 2.75) is 51.0 Å². The Hall–Kier alpha value is -2.43. The first-order valence-electron chi connectivity index (χ1n) is 11.3. The molecule has 33 heavy (non-hydrogen) atoms. The topological polar surface area (TPSA) is 85.3 Å². The molecule has 3 aliphatic rings. The molecule has 172 valence electrons. The highest BCUT2D eigenvalue weighted by Crippen LogP contribution is 2.41. The number of hydrogen-bond donors (Lipinski definition) is 1. The van der Waals surface area contributed by atoms with Crippen LogP contribution in [0.25, 0.3) is 10.9 Å². The quantitative estimate of drug-likeness (QED) is 0.528. The van der Waals surface area contributed by atoms with Crippen molar-refractivity contribution in [3.05, 3.63) is 45.4 Å². The number of nitrogens with zero attached hydrogens (tertiary/aromatic N) is 5. The fourth-order valence-corrected chi connectivity index (χ4v) is 5.97. The van der Waals surface area contributed by atoms with Gasteiger partial charge in [-0.3, -0.25) is 4.90 Å². The minimum absolute atomic E-state index is 0.0520. The summed E-state index contributed by atoms with van der Waals surface area (Å²) in [5, 5.41) is 12.0. The number of rotatable bonds is 6. The van der Waals surface area contributed by atoms with Crippen LogP contribution in [0.3, 0.4) is 0 Å². The number of benzene rings is 1. The molecule has 0 aliphatic carbocycles. The van der Waals surface area contributed by atoms with Crippen LogP contribution in [-0.2, 0) is 24.5 Å². The molecule has 10 heteroatoms. The van der Waals surface area contributed by atoms with Crippen LogP contribution in [0.1, 0.15) is 42.5 Å². The largest absolute Gasteiger partial charge is 0.461 e. The number of anilines is 1. The Kier molecular flexibility index (Phi) is 5.38. The van der Waals surface area contributed by atoms with E-state index in [-0.39, 0.29) is 17.1 Å². The van der Waals surface area contributed by atoms with Crippen LogP contribution in [-0.4, -0.2) is 50.3 Å². The van der Waals surface area contributed by atoms with Crippen molar-refractivity contribution < 1.29 is 13.9 Å². The van der Waals surface area contributed by atoms with E-state index in [9.17, 15) is 0 Å². The van der Waals surface area contributed by atoms with E-state index in [0.717, 1.165) is 42.8 Å². The van der Waals surface area contributed by atoms with E-state index >= 15 is 4.39 Å². The summed E-state index contributed by atoms with van der Waals surface area (Å²) in [5.74, 6) is 0.0894. The highest BCUT2D eigenvalue weighted by atomic mass is 79.9. The Morgan fingerprint density at radius 3 is 2.79 bits per heavy atom. The molecule has 3 aromatic rings. The van der Waals surface area contributed by atoms with Crippen LogP contribution in [0, 0.1) is 5.82 Å². The van der Waals surface area contributed by atoms with Gasteiger partial charge in [0.2, 0.25) is 0 Å². The van der Waals surface area contributed by atoms with E-state index in [1.807, 2.05) is 12.1 Å². The summed E-state index contributed by atoms with van der Waals surface area (Å²) in [7, 11) is 0. The monoisotopic (exact) mass is 514 g/mol. The molecular formula is C23H24BrFN6O2. The average Bonchev–Trinajstić information content (AvgIpc) is 3.56. The predicted molar refractivity (Wildman–Crippen MR) is 123 cm³/mol. The van der Waals surface area contributed by atoms with Gasteiger partial charge in [0.25, 0.3) is 0 Å². The molecule has 0 saturated carbocycles. The standard InChI is InChI=1S/C23H24BrFN6O2/c24-18-16-12-32-11-15(16)17-20(19(18)25)28-22(29-21(17)26-10-14-4-1-7-27-30-14)33-13-23-5-2-8-31(23)9-3-6-23/h1,4,7H,2-3,5-6,8-13H2,(H,26,28,29). The van der Waals surface area contributed by atoms with Crippen LogP contribution in [0.2, 0.25) is 0 Å². The number of fused-ring (bicyclic) bond motifs is 4. The summed E-state index contributed by atoms with van der Waals surface area (Å²) >= 11 is 3.40. The highest BCUT2D eigenvalue weighted by Gasteiger charge is 2.45. The van der Waals surface area contributed by atoms with E-state index in [2.05, 4.69) is 46.3 Å². The molecule has 2 fully saturated rings. The predicted octanol–water partition coefficient (Wildman–Crippen LogP) is 3.97. The molecular weight excluding hydrogens is 491 g/mol. The lowest BCUT2D eigenvalue weighted by atomic mass is 9.95. The smallest absolute Gasteiger partial charge is 0.319 e. The van der Waals surface area contributed by atoms with Crippen molar-refractivity contribution in [2.75, 3.05) is 25.0 Å². The van der Waals surface area contributed by atoms with Gasteiger partial charge in [0, 0.05) is 11.8 Å². The van der Waals surface area contributed by atoms with Gasteiger partial charge in [0.1, 0.15) is 17.9 Å². The van der Waals surface area contributed by atoms with E-state index in [0.29, 0.717) is 42.0 Å². The molecule has 6 rings (SSSR count). The third-order valence-electron chi connectivity index (χ3n) is 7.06. The summed E-state index contributed by atoms with van der Waals surface area (Å²) in [6, 6.07) is 3.88. The molecule has 3 aliphatic heterocycles. The zero-order chi connectivity index (χ0) is 22.4. The fourth-order valence-electron chi connectivity index (χ4n) is 5.42. The van der Waals surface area contributed by atoms with Crippen molar-refractivity contribution in [1.29, 1.82) is 0 Å². The van der Waals surface area contributed by atoms with Gasteiger partial charge in [0.15, 0.2) is 5.82 Å². The molecule has 2 aromatic heterocycles. The van der Waals surface area contributed by atoms with Crippen LogP contribution >= 0.6 is 15.9 Å². The number of nitrogens with one attached hydrogen (secondary N) is 1. The van der Waals surface area contributed by atoms with E-state index in [1.165, 1.54) is 12.8 Å². The van der Waals surface area contributed by atoms with Crippen LogP contribution in [0.15, 0.2) is 22.8 Å². The van der Waals surface area contributed by atoms with E-state index in [1.54, 1.807) is 6.20 Å². The first-order valence-corrected chi connectivity index (χ1v) is 12.1. The second-order valence-corrected chi connectivity index (χ2v) is 9.72. The second-order valence-electron chi connectivity index (χ2n) is 8.93. The van der Waals surface area contributed by atoms with Gasteiger partial charge in [0.05, 0.1) is 40.9 Å². The summed E-state index contributed by atoms with van der Waals surface area (Å²) in [6.07, 6.45) is 6.22. The Labute approximate surface area is 199 Å². The fraction of sp³-hybridized carbons (Fsp3) is 0.478. The van der Waals surface area contributed by atoms with Crippen molar-refractivity contribution in [3.8, 4) is 6.01 Å². The first kappa shape index (κ1) is 21.1. The third-order valence-corrected chi connectivity index (χ3v) is 7.89. The number of halogens is 2. The van der Waals surface area contributed by atoms with E-state index in [4.69, 9.17) is 9.47 Å². The van der Waals surface area contributed by atoms with Crippen molar-refractivity contribution in [3.63, 3.8) is 0 Å². The van der Waals surface area contributed by atoms with Crippen molar-refractivity contribution >= 4 is 32.7 Å². The Morgan fingerprint density at radius 1 is 1.18 bits per heavy atom. The molecule has 1 N–H and O–H groups in total. The van der Waals surface area contributed by atoms with Crippen molar-refractivity contribution in [2.24, 2.45) is 0 Å².